The SMILES string of the molecule is COc1cccc(-c2cc(C3(C(=O)Nc4ccncc4)CC3)no2)c1. The molecule has 6 heteroatoms. The topological polar surface area (TPSA) is 77.2 Å². The zero-order valence-corrected chi connectivity index (χ0v) is 13.7. The van der Waals surface area contributed by atoms with Crippen LogP contribution in [-0.2, 0) is 10.2 Å². The number of hydrogen-bond donors (Lipinski definition) is 1. The number of carbonyl (C=O) groups excluding carboxylic acids is 1. The molecule has 1 aliphatic carbocycles. The highest BCUT2D eigenvalue weighted by Gasteiger charge is 2.53. The molecule has 6 nitrogen and oxygen atoms in total. The maximum Gasteiger partial charge on any atom is 0.236 e. The van der Waals surface area contributed by atoms with Crippen LogP contribution in [0.15, 0.2) is 59.4 Å². The Balaban J connectivity index is 1.57. The quantitative estimate of drug-likeness (QED) is 0.773. The van der Waals surface area contributed by atoms with Crippen LogP contribution in [0, 0.1) is 0 Å². The van der Waals surface area contributed by atoms with Gasteiger partial charge in [-0.1, -0.05) is 17.3 Å². The van der Waals surface area contributed by atoms with Gasteiger partial charge in [-0.15, -0.1) is 0 Å². The van der Waals surface area contributed by atoms with E-state index in [1.54, 1.807) is 31.6 Å². The highest BCUT2D eigenvalue weighted by atomic mass is 16.5. The number of nitrogens with one attached hydrogen (secondary N) is 1. The molecule has 0 radical (unpaired) electrons. The van der Waals surface area contributed by atoms with Gasteiger partial charge in [-0.2, -0.15) is 0 Å². The molecule has 0 atom stereocenters. The lowest BCUT2D eigenvalue weighted by Gasteiger charge is -2.12. The molecule has 126 valence electrons. The molecule has 1 N–H and O–H groups in total. The van der Waals surface area contributed by atoms with Crippen molar-refractivity contribution in [2.45, 2.75) is 18.3 Å². The van der Waals surface area contributed by atoms with E-state index in [0.29, 0.717) is 11.5 Å². The van der Waals surface area contributed by atoms with E-state index in [1.807, 2.05) is 30.3 Å². The molecule has 4 rings (SSSR count). The van der Waals surface area contributed by atoms with Crippen molar-refractivity contribution in [1.29, 1.82) is 0 Å². The molecule has 25 heavy (non-hydrogen) atoms. The van der Waals surface area contributed by atoms with Crippen LogP contribution in [0.4, 0.5) is 5.69 Å². The molecule has 3 aromatic rings. The summed E-state index contributed by atoms with van der Waals surface area (Å²) in [6.45, 7) is 0. The van der Waals surface area contributed by atoms with Gasteiger partial charge in [-0.05, 0) is 37.1 Å². The number of carbonyl (C=O) groups is 1. The number of pyridine rings is 1. The second-order valence-electron chi connectivity index (χ2n) is 6.08. The Morgan fingerprint density at radius 2 is 2.00 bits per heavy atom. The number of nitrogens with zero attached hydrogens (tertiary/aromatic N) is 2. The van der Waals surface area contributed by atoms with Gasteiger partial charge in [0.05, 0.1) is 18.2 Å². The number of anilines is 1. The Morgan fingerprint density at radius 1 is 1.20 bits per heavy atom. The van der Waals surface area contributed by atoms with Crippen LogP contribution in [0.25, 0.3) is 11.3 Å². The van der Waals surface area contributed by atoms with Gasteiger partial charge in [0.25, 0.3) is 0 Å². The summed E-state index contributed by atoms with van der Waals surface area (Å²) in [4.78, 5) is 16.7. The van der Waals surface area contributed by atoms with E-state index < -0.39 is 5.41 Å². The Bertz CT molecular complexity index is 901. The van der Waals surface area contributed by atoms with Crippen LogP contribution in [0.2, 0.25) is 0 Å². The lowest BCUT2D eigenvalue weighted by molar-refractivity contribution is -0.118. The number of rotatable bonds is 5. The molecule has 0 saturated heterocycles. The molecule has 0 aliphatic heterocycles. The molecular formula is C19H17N3O3. The number of ether oxygens (including phenoxy) is 1. The summed E-state index contributed by atoms with van der Waals surface area (Å²) in [6.07, 6.45) is 4.81. The summed E-state index contributed by atoms with van der Waals surface area (Å²) in [6, 6.07) is 12.9. The largest absolute Gasteiger partial charge is 0.497 e. The van der Waals surface area contributed by atoms with Crippen LogP contribution in [0.1, 0.15) is 18.5 Å². The number of methoxy groups -OCH3 is 1. The number of aromatic nitrogens is 2. The average molecular weight is 335 g/mol. The van der Waals surface area contributed by atoms with E-state index in [-0.39, 0.29) is 5.91 Å². The third-order valence-electron chi connectivity index (χ3n) is 4.48. The summed E-state index contributed by atoms with van der Waals surface area (Å²) in [5.41, 5.74) is 1.65. The van der Waals surface area contributed by atoms with Gasteiger partial charge in [-0.3, -0.25) is 9.78 Å². The molecule has 1 saturated carbocycles. The molecule has 1 fully saturated rings. The fraction of sp³-hybridized carbons (Fsp3) is 0.211. The van der Waals surface area contributed by atoms with E-state index in [4.69, 9.17) is 9.26 Å². The van der Waals surface area contributed by atoms with Crippen molar-refractivity contribution in [3.63, 3.8) is 0 Å². The zero-order chi connectivity index (χ0) is 17.3. The number of benzene rings is 1. The molecule has 1 aromatic carbocycles. The molecule has 0 bridgehead atoms. The van der Waals surface area contributed by atoms with E-state index in [0.717, 1.165) is 29.8 Å². The van der Waals surface area contributed by atoms with E-state index in [2.05, 4.69) is 15.5 Å². The summed E-state index contributed by atoms with van der Waals surface area (Å²) < 4.78 is 10.7. The molecule has 0 spiro atoms. The molecule has 2 heterocycles. The highest BCUT2D eigenvalue weighted by molar-refractivity contribution is 6.01. The fourth-order valence-electron chi connectivity index (χ4n) is 2.82. The Kier molecular flexibility index (Phi) is 3.72. The van der Waals surface area contributed by atoms with E-state index in [1.165, 1.54) is 0 Å². The predicted octanol–water partition coefficient (Wildman–Crippen LogP) is 3.42. The minimum Gasteiger partial charge on any atom is -0.497 e. The lowest BCUT2D eigenvalue weighted by atomic mass is 10.00. The summed E-state index contributed by atoms with van der Waals surface area (Å²) in [7, 11) is 1.62. The maximum absolute atomic E-state index is 12.7. The molecule has 1 amide bonds. The van der Waals surface area contributed by atoms with Crippen molar-refractivity contribution >= 4 is 11.6 Å². The van der Waals surface area contributed by atoms with Crippen molar-refractivity contribution in [2.24, 2.45) is 0 Å². The van der Waals surface area contributed by atoms with Gasteiger partial charge in [0.15, 0.2) is 5.76 Å². The normalized spacial score (nSPS) is 14.8. The summed E-state index contributed by atoms with van der Waals surface area (Å²) in [5, 5.41) is 7.09. The first kappa shape index (κ1) is 15.4. The van der Waals surface area contributed by atoms with Gasteiger partial charge in [0.2, 0.25) is 5.91 Å². The number of hydrogen-bond acceptors (Lipinski definition) is 5. The molecular weight excluding hydrogens is 318 g/mol. The second-order valence-corrected chi connectivity index (χ2v) is 6.08. The predicted molar refractivity (Wildman–Crippen MR) is 92.3 cm³/mol. The van der Waals surface area contributed by atoms with Gasteiger partial charge in [0.1, 0.15) is 5.75 Å². The highest BCUT2D eigenvalue weighted by Crippen LogP contribution is 2.49. The smallest absolute Gasteiger partial charge is 0.236 e. The van der Waals surface area contributed by atoms with Crippen molar-refractivity contribution in [3.8, 4) is 17.1 Å². The third kappa shape index (κ3) is 2.87. The van der Waals surface area contributed by atoms with Gasteiger partial charge in [0, 0.05) is 29.7 Å². The van der Waals surface area contributed by atoms with Crippen molar-refractivity contribution in [2.75, 3.05) is 12.4 Å². The summed E-state index contributed by atoms with van der Waals surface area (Å²) in [5.74, 6) is 1.30. The zero-order valence-electron chi connectivity index (χ0n) is 13.7. The Morgan fingerprint density at radius 3 is 2.72 bits per heavy atom. The van der Waals surface area contributed by atoms with E-state index >= 15 is 0 Å². The first-order chi connectivity index (χ1) is 12.2. The van der Waals surface area contributed by atoms with E-state index in [9.17, 15) is 4.79 Å². The minimum absolute atomic E-state index is 0.0656. The van der Waals surface area contributed by atoms with Crippen LogP contribution in [-0.4, -0.2) is 23.2 Å². The van der Waals surface area contributed by atoms with Crippen LogP contribution in [0.5, 0.6) is 5.75 Å². The van der Waals surface area contributed by atoms with Gasteiger partial charge in [-0.25, -0.2) is 0 Å². The Hall–Kier alpha value is -3.15. The Labute approximate surface area is 144 Å². The van der Waals surface area contributed by atoms with Gasteiger partial charge < -0.3 is 14.6 Å². The van der Waals surface area contributed by atoms with Crippen LogP contribution >= 0.6 is 0 Å². The fourth-order valence-corrected chi connectivity index (χ4v) is 2.82. The number of amides is 1. The minimum atomic E-state index is -0.607. The van der Waals surface area contributed by atoms with Crippen molar-refractivity contribution in [1.82, 2.24) is 10.1 Å². The first-order valence-electron chi connectivity index (χ1n) is 8.04. The lowest BCUT2D eigenvalue weighted by Crippen LogP contribution is -2.28. The second kappa shape index (κ2) is 6.05. The molecule has 0 unspecified atom stereocenters. The third-order valence-corrected chi connectivity index (χ3v) is 4.48. The maximum atomic E-state index is 12.7. The van der Waals surface area contributed by atoms with Crippen LogP contribution in [0.3, 0.4) is 0 Å². The standard InChI is InChI=1S/C19H17N3O3/c1-24-15-4-2-3-13(11-15)16-12-17(22-25-16)19(7-8-19)18(23)21-14-5-9-20-10-6-14/h2-6,9-12H,7-8H2,1H3,(H,20,21,23). The summed E-state index contributed by atoms with van der Waals surface area (Å²) >= 11 is 0. The van der Waals surface area contributed by atoms with Crippen molar-refractivity contribution in [3.05, 3.63) is 60.6 Å². The molecule has 2 aromatic heterocycles. The first-order valence-corrected chi connectivity index (χ1v) is 8.04. The monoisotopic (exact) mass is 335 g/mol. The average Bonchev–Trinajstić information content (AvgIpc) is 3.32. The van der Waals surface area contributed by atoms with Crippen LogP contribution < -0.4 is 10.1 Å². The molecule has 1 aliphatic rings. The van der Waals surface area contributed by atoms with Crippen molar-refractivity contribution < 1.29 is 14.1 Å². The van der Waals surface area contributed by atoms with Gasteiger partial charge >= 0.3 is 0 Å².